The molecule has 1 atom stereocenters. The number of nitrogens with one attached hydrogen (secondary N) is 1. The second kappa shape index (κ2) is 13.4. The number of anilines is 3. The van der Waals surface area contributed by atoms with Crippen molar-refractivity contribution in [3.05, 3.63) is 217 Å². The monoisotopic (exact) mass is 693 g/mol. The minimum Gasteiger partial charge on any atom is -0.455 e. The van der Waals surface area contributed by atoms with Gasteiger partial charge in [0.1, 0.15) is 17.3 Å². The highest BCUT2D eigenvalue weighted by molar-refractivity contribution is 6.23. The molecular formula is C50H35N3O. The lowest BCUT2D eigenvalue weighted by molar-refractivity contribution is 0.659. The van der Waals surface area contributed by atoms with Crippen LogP contribution in [0.2, 0.25) is 0 Å². The first kappa shape index (κ1) is 31.6. The summed E-state index contributed by atoms with van der Waals surface area (Å²) in [7, 11) is 0. The number of para-hydroxylation sites is 2. The molecule has 8 aromatic carbocycles. The quantitative estimate of drug-likeness (QED) is 0.181. The van der Waals surface area contributed by atoms with Gasteiger partial charge in [0.2, 0.25) is 0 Å². The van der Waals surface area contributed by atoms with Gasteiger partial charge < -0.3 is 14.6 Å². The predicted molar refractivity (Wildman–Crippen MR) is 225 cm³/mol. The maximum atomic E-state index is 6.97. The number of rotatable bonds is 7. The topological polar surface area (TPSA) is 40.8 Å². The molecule has 54 heavy (non-hydrogen) atoms. The molecule has 0 amide bonds. The second-order valence-corrected chi connectivity index (χ2v) is 13.6. The maximum absolute atomic E-state index is 6.97. The average Bonchev–Trinajstić information content (AvgIpc) is 3.65. The van der Waals surface area contributed by atoms with E-state index >= 15 is 0 Å². The number of aliphatic imine (C=N–C) groups is 1. The molecule has 0 saturated heterocycles. The van der Waals surface area contributed by atoms with Crippen LogP contribution in [0.5, 0.6) is 0 Å². The van der Waals surface area contributed by atoms with Crippen LogP contribution in [0.4, 0.5) is 17.1 Å². The van der Waals surface area contributed by atoms with Crippen molar-refractivity contribution >= 4 is 61.2 Å². The molecule has 0 saturated carbocycles. The minimum atomic E-state index is -0.346. The van der Waals surface area contributed by atoms with E-state index in [0.29, 0.717) is 0 Å². The Morgan fingerprint density at radius 1 is 0.500 bits per heavy atom. The van der Waals surface area contributed by atoms with Gasteiger partial charge in [-0.2, -0.15) is 0 Å². The van der Waals surface area contributed by atoms with Gasteiger partial charge in [-0.05, 0) is 82.1 Å². The lowest BCUT2D eigenvalue weighted by Gasteiger charge is -2.26. The van der Waals surface area contributed by atoms with Gasteiger partial charge in [-0.1, -0.05) is 146 Å². The van der Waals surface area contributed by atoms with Gasteiger partial charge >= 0.3 is 0 Å². The zero-order valence-corrected chi connectivity index (χ0v) is 29.4. The number of fused-ring (bicyclic) bond motifs is 5. The van der Waals surface area contributed by atoms with E-state index in [1.807, 2.05) is 12.1 Å². The lowest BCUT2D eigenvalue weighted by atomic mass is 9.94. The zero-order valence-electron chi connectivity index (χ0n) is 29.4. The molecule has 0 fully saturated rings. The van der Waals surface area contributed by atoms with Crippen molar-refractivity contribution in [3.8, 4) is 11.1 Å². The first-order valence-corrected chi connectivity index (χ1v) is 18.3. The second-order valence-electron chi connectivity index (χ2n) is 13.6. The van der Waals surface area contributed by atoms with Gasteiger partial charge in [0.05, 0.1) is 5.71 Å². The van der Waals surface area contributed by atoms with Crippen LogP contribution in [0.1, 0.15) is 22.9 Å². The fraction of sp³-hybridized carbons (Fsp3) is 0.0200. The molecule has 4 nitrogen and oxygen atoms in total. The minimum absolute atomic E-state index is 0.346. The molecule has 1 aliphatic rings. The number of allylic oxidation sites excluding steroid dienone is 1. The number of furan rings is 1. The number of benzene rings is 8. The third-order valence-electron chi connectivity index (χ3n) is 10.3. The van der Waals surface area contributed by atoms with Crippen molar-refractivity contribution in [2.75, 3.05) is 4.90 Å². The molecule has 10 rings (SSSR count). The standard InChI is InChI=1S/C50H35N3O/c1-5-17-34(18-6-1)44-33-45(35-19-7-2-8-20-35)52-50(51-44)42-29-16-30-46-47(42)48-41-28-14-13-21-37(41)32-43(49(48)54-46)36-22-15-27-40(31-36)53(38-23-9-3-10-24-38)39-25-11-4-12-26-39/h1-33,50-51H. The van der Waals surface area contributed by atoms with Gasteiger partial charge in [0.15, 0.2) is 0 Å². The van der Waals surface area contributed by atoms with Crippen LogP contribution in [0.15, 0.2) is 210 Å². The average molecular weight is 694 g/mol. The smallest absolute Gasteiger partial charge is 0.146 e. The predicted octanol–water partition coefficient (Wildman–Crippen LogP) is 13.0. The summed E-state index contributed by atoms with van der Waals surface area (Å²) in [4.78, 5) is 7.66. The molecule has 1 aliphatic heterocycles. The molecule has 1 N–H and O–H groups in total. The molecule has 4 heteroatoms. The molecule has 1 unspecified atom stereocenters. The molecule has 0 aliphatic carbocycles. The van der Waals surface area contributed by atoms with E-state index in [2.05, 4.69) is 198 Å². The van der Waals surface area contributed by atoms with Crippen LogP contribution >= 0.6 is 0 Å². The molecule has 9 aromatic rings. The van der Waals surface area contributed by atoms with Gasteiger partial charge in [-0.25, -0.2) is 0 Å². The fourth-order valence-electron chi connectivity index (χ4n) is 7.78. The van der Waals surface area contributed by atoms with Crippen LogP contribution in [0.25, 0.3) is 49.5 Å². The Bertz CT molecular complexity index is 2800. The van der Waals surface area contributed by atoms with Gasteiger partial charge in [-0.3, -0.25) is 4.99 Å². The fourth-order valence-corrected chi connectivity index (χ4v) is 7.78. The van der Waals surface area contributed by atoms with Gasteiger partial charge in [0.25, 0.3) is 0 Å². The summed E-state index contributed by atoms with van der Waals surface area (Å²) in [6.07, 6.45) is 1.81. The van der Waals surface area contributed by atoms with E-state index in [4.69, 9.17) is 9.41 Å². The van der Waals surface area contributed by atoms with Crippen molar-refractivity contribution in [2.45, 2.75) is 6.17 Å². The van der Waals surface area contributed by atoms with Crippen LogP contribution < -0.4 is 10.2 Å². The Morgan fingerprint density at radius 2 is 1.09 bits per heavy atom. The first-order chi connectivity index (χ1) is 26.8. The van der Waals surface area contributed by atoms with Crippen LogP contribution in [-0.4, -0.2) is 5.71 Å². The van der Waals surface area contributed by atoms with E-state index in [1.165, 1.54) is 0 Å². The lowest BCUT2D eigenvalue weighted by Crippen LogP contribution is -2.25. The Balaban J connectivity index is 1.18. The summed E-state index contributed by atoms with van der Waals surface area (Å²) in [5.74, 6) is 0. The Labute approximate surface area is 314 Å². The Hall–Kier alpha value is -7.17. The van der Waals surface area contributed by atoms with E-state index in [0.717, 1.165) is 89.0 Å². The Kier molecular flexibility index (Phi) is 7.85. The van der Waals surface area contributed by atoms with Gasteiger partial charge in [-0.15, -0.1) is 0 Å². The summed E-state index contributed by atoms with van der Waals surface area (Å²) < 4.78 is 6.97. The molecular weight excluding hydrogens is 659 g/mol. The number of hydrogen-bond donors (Lipinski definition) is 1. The SMILES string of the molecule is C1=C(c2ccccc2)NC(c2cccc3oc4c(-c5cccc(N(c6ccccc6)c6ccccc6)c5)cc5ccccc5c4c23)N=C1c1ccccc1. The summed E-state index contributed by atoms with van der Waals surface area (Å²) in [6.45, 7) is 0. The summed E-state index contributed by atoms with van der Waals surface area (Å²) >= 11 is 0. The van der Waals surface area contributed by atoms with E-state index < -0.39 is 0 Å². The summed E-state index contributed by atoms with van der Waals surface area (Å²) in [5.41, 5.74) is 12.3. The van der Waals surface area contributed by atoms with Gasteiger partial charge in [0, 0.05) is 44.7 Å². The molecule has 2 heterocycles. The molecule has 0 bridgehead atoms. The maximum Gasteiger partial charge on any atom is 0.146 e. The third-order valence-corrected chi connectivity index (χ3v) is 10.3. The van der Waals surface area contributed by atoms with Crippen LogP contribution in [0, 0.1) is 0 Å². The highest BCUT2D eigenvalue weighted by Gasteiger charge is 2.25. The van der Waals surface area contributed by atoms with Crippen molar-refractivity contribution in [1.29, 1.82) is 0 Å². The largest absolute Gasteiger partial charge is 0.455 e. The van der Waals surface area contributed by atoms with E-state index in [-0.39, 0.29) is 6.17 Å². The summed E-state index contributed by atoms with van der Waals surface area (Å²) in [6, 6.07) is 68.0. The molecule has 0 radical (unpaired) electrons. The van der Waals surface area contributed by atoms with Crippen molar-refractivity contribution in [1.82, 2.24) is 5.32 Å². The molecule has 1 aromatic heterocycles. The van der Waals surface area contributed by atoms with Crippen LogP contribution in [0.3, 0.4) is 0 Å². The van der Waals surface area contributed by atoms with Crippen molar-refractivity contribution < 1.29 is 4.42 Å². The Morgan fingerprint density at radius 3 is 1.81 bits per heavy atom. The van der Waals surface area contributed by atoms with Crippen LogP contribution in [-0.2, 0) is 0 Å². The highest BCUT2D eigenvalue weighted by atomic mass is 16.3. The number of hydrogen-bond acceptors (Lipinski definition) is 4. The third kappa shape index (κ3) is 5.62. The zero-order chi connectivity index (χ0) is 35.8. The first-order valence-electron chi connectivity index (χ1n) is 18.3. The molecule has 256 valence electrons. The number of nitrogens with zero attached hydrogens (tertiary/aromatic N) is 2. The highest BCUT2D eigenvalue weighted by Crippen LogP contribution is 2.45. The van der Waals surface area contributed by atoms with Crippen molar-refractivity contribution in [2.24, 2.45) is 4.99 Å². The van der Waals surface area contributed by atoms with E-state index in [9.17, 15) is 0 Å². The normalized spacial score (nSPS) is 14.1. The molecule has 0 spiro atoms. The summed E-state index contributed by atoms with van der Waals surface area (Å²) in [5, 5.41) is 8.27. The van der Waals surface area contributed by atoms with Crippen molar-refractivity contribution in [3.63, 3.8) is 0 Å². The van der Waals surface area contributed by atoms with E-state index in [1.54, 1.807) is 0 Å².